The van der Waals surface area contributed by atoms with Crippen LogP contribution in [-0.4, -0.2) is 21.8 Å². The maximum atomic E-state index is 12.0. The highest BCUT2D eigenvalue weighted by molar-refractivity contribution is 7.99. The van der Waals surface area contributed by atoms with Gasteiger partial charge >= 0.3 is 0 Å². The zero-order valence-corrected chi connectivity index (χ0v) is 14.8. The predicted molar refractivity (Wildman–Crippen MR) is 98.2 cm³/mol. The van der Waals surface area contributed by atoms with Gasteiger partial charge in [0.25, 0.3) is 0 Å². The third-order valence-corrected chi connectivity index (χ3v) is 5.10. The van der Waals surface area contributed by atoms with Crippen LogP contribution in [0.2, 0.25) is 0 Å². The lowest BCUT2D eigenvalue weighted by Gasteiger charge is -2.05. The number of hydrogen-bond acceptors (Lipinski definition) is 6. The first kappa shape index (κ1) is 16.7. The summed E-state index contributed by atoms with van der Waals surface area (Å²) in [4.78, 5) is 17.3. The molecule has 7 heteroatoms. The summed E-state index contributed by atoms with van der Waals surface area (Å²) in [6.07, 6.45) is 0.988. The minimum absolute atomic E-state index is 0.0396. The standard InChI is InChI=1S/C17H17N3O2S2/c1-2-12-5-7-13(8-6-12)18-15(21)10-23-11-16-19-17(20-22-16)14-4-3-9-24-14/h3-9H,2,10-11H2,1H3,(H,18,21). The topological polar surface area (TPSA) is 68.0 Å². The average Bonchev–Trinajstić information content (AvgIpc) is 3.27. The Kier molecular flexibility index (Phi) is 5.66. The van der Waals surface area contributed by atoms with Crippen molar-refractivity contribution in [1.29, 1.82) is 0 Å². The quantitative estimate of drug-likeness (QED) is 0.683. The van der Waals surface area contributed by atoms with Crippen LogP contribution in [0.3, 0.4) is 0 Å². The lowest BCUT2D eigenvalue weighted by molar-refractivity contribution is -0.113. The van der Waals surface area contributed by atoms with Gasteiger partial charge in [0.2, 0.25) is 17.6 Å². The van der Waals surface area contributed by atoms with Crippen molar-refractivity contribution < 1.29 is 9.32 Å². The molecule has 0 aliphatic carbocycles. The molecule has 0 spiro atoms. The third kappa shape index (κ3) is 4.46. The molecule has 0 aliphatic heterocycles. The second kappa shape index (κ2) is 8.12. The molecule has 0 radical (unpaired) electrons. The van der Waals surface area contributed by atoms with Crippen LogP contribution in [0.25, 0.3) is 10.7 Å². The molecule has 0 saturated carbocycles. The van der Waals surface area contributed by atoms with Crippen LogP contribution in [0.4, 0.5) is 5.69 Å². The van der Waals surface area contributed by atoms with Crippen molar-refractivity contribution in [2.45, 2.75) is 19.1 Å². The Morgan fingerprint density at radius 1 is 1.29 bits per heavy atom. The Labute approximate surface area is 148 Å². The molecule has 1 aromatic carbocycles. The van der Waals surface area contributed by atoms with Crippen molar-refractivity contribution >= 4 is 34.7 Å². The highest BCUT2D eigenvalue weighted by atomic mass is 32.2. The molecule has 2 heterocycles. The molecule has 1 N–H and O–H groups in total. The van der Waals surface area contributed by atoms with E-state index in [1.165, 1.54) is 17.3 Å². The van der Waals surface area contributed by atoms with Gasteiger partial charge in [-0.15, -0.1) is 23.1 Å². The molecule has 0 atom stereocenters. The number of carbonyl (C=O) groups is 1. The molecule has 0 unspecified atom stereocenters. The smallest absolute Gasteiger partial charge is 0.236 e. The van der Waals surface area contributed by atoms with Gasteiger partial charge in [0, 0.05) is 5.69 Å². The normalized spacial score (nSPS) is 10.7. The van der Waals surface area contributed by atoms with E-state index in [-0.39, 0.29) is 5.91 Å². The number of anilines is 1. The van der Waals surface area contributed by atoms with Crippen molar-refractivity contribution in [2.75, 3.05) is 11.1 Å². The molecule has 3 aromatic rings. The summed E-state index contributed by atoms with van der Waals surface area (Å²) in [5, 5.41) is 8.80. The molecule has 3 rings (SSSR count). The number of benzene rings is 1. The number of thioether (sulfide) groups is 1. The predicted octanol–water partition coefficient (Wildman–Crippen LogP) is 4.23. The van der Waals surface area contributed by atoms with E-state index in [0.29, 0.717) is 23.2 Å². The Bertz CT molecular complexity index is 783. The van der Waals surface area contributed by atoms with E-state index >= 15 is 0 Å². The lowest BCUT2D eigenvalue weighted by Crippen LogP contribution is -2.14. The fraction of sp³-hybridized carbons (Fsp3) is 0.235. The monoisotopic (exact) mass is 359 g/mol. The molecular weight excluding hydrogens is 342 g/mol. The van der Waals surface area contributed by atoms with E-state index in [9.17, 15) is 4.79 Å². The average molecular weight is 359 g/mol. The largest absolute Gasteiger partial charge is 0.338 e. The lowest BCUT2D eigenvalue weighted by atomic mass is 10.1. The van der Waals surface area contributed by atoms with Gasteiger partial charge in [-0.05, 0) is 35.6 Å². The van der Waals surface area contributed by atoms with E-state index < -0.39 is 0 Å². The Morgan fingerprint density at radius 3 is 2.83 bits per heavy atom. The Hall–Kier alpha value is -2.12. The minimum Gasteiger partial charge on any atom is -0.338 e. The summed E-state index contributed by atoms with van der Waals surface area (Å²) in [5.41, 5.74) is 2.07. The molecule has 124 valence electrons. The molecule has 2 aromatic heterocycles. The maximum Gasteiger partial charge on any atom is 0.236 e. The molecule has 0 bridgehead atoms. The van der Waals surface area contributed by atoms with Crippen molar-refractivity contribution in [2.24, 2.45) is 0 Å². The molecule has 0 saturated heterocycles. The summed E-state index contributed by atoms with van der Waals surface area (Å²) in [6, 6.07) is 11.8. The van der Waals surface area contributed by atoms with Crippen LogP contribution < -0.4 is 5.32 Å². The number of amides is 1. The zero-order chi connectivity index (χ0) is 16.8. The van der Waals surface area contributed by atoms with Gasteiger partial charge in [0.05, 0.1) is 16.4 Å². The first-order valence-electron chi connectivity index (χ1n) is 7.57. The van der Waals surface area contributed by atoms with Crippen LogP contribution in [0.1, 0.15) is 18.4 Å². The minimum atomic E-state index is -0.0396. The van der Waals surface area contributed by atoms with E-state index in [1.54, 1.807) is 11.3 Å². The number of nitrogens with one attached hydrogen (secondary N) is 1. The number of aryl methyl sites for hydroxylation is 1. The molecule has 0 aliphatic rings. The summed E-state index contributed by atoms with van der Waals surface area (Å²) < 4.78 is 5.21. The van der Waals surface area contributed by atoms with Crippen LogP contribution >= 0.6 is 23.1 Å². The first-order valence-corrected chi connectivity index (χ1v) is 9.61. The summed E-state index contributed by atoms with van der Waals surface area (Å²) in [6.45, 7) is 2.10. The van der Waals surface area contributed by atoms with Crippen LogP contribution in [0.15, 0.2) is 46.3 Å². The second-order valence-electron chi connectivity index (χ2n) is 5.08. The molecule has 1 amide bonds. The Balaban J connectivity index is 1.45. The second-order valence-corrected chi connectivity index (χ2v) is 7.01. The molecule has 24 heavy (non-hydrogen) atoms. The van der Waals surface area contributed by atoms with Gasteiger partial charge < -0.3 is 9.84 Å². The summed E-state index contributed by atoms with van der Waals surface area (Å²) >= 11 is 3.01. The number of carbonyl (C=O) groups excluding carboxylic acids is 1. The number of hydrogen-bond donors (Lipinski definition) is 1. The van der Waals surface area contributed by atoms with Crippen molar-refractivity contribution in [3.05, 3.63) is 53.2 Å². The summed E-state index contributed by atoms with van der Waals surface area (Å²) in [7, 11) is 0. The van der Waals surface area contributed by atoms with Gasteiger partial charge in [-0.25, -0.2) is 0 Å². The number of nitrogens with zero attached hydrogens (tertiary/aromatic N) is 2. The van der Waals surface area contributed by atoms with Gasteiger partial charge in [-0.2, -0.15) is 4.98 Å². The summed E-state index contributed by atoms with van der Waals surface area (Å²) in [5.74, 6) is 1.94. The van der Waals surface area contributed by atoms with Crippen LogP contribution in [-0.2, 0) is 17.0 Å². The van der Waals surface area contributed by atoms with E-state index in [4.69, 9.17) is 4.52 Å². The zero-order valence-electron chi connectivity index (χ0n) is 13.2. The van der Waals surface area contributed by atoms with Gasteiger partial charge in [-0.1, -0.05) is 30.3 Å². The SMILES string of the molecule is CCc1ccc(NC(=O)CSCc2nc(-c3cccs3)no2)cc1. The van der Waals surface area contributed by atoms with Crippen LogP contribution in [0, 0.1) is 0 Å². The third-order valence-electron chi connectivity index (χ3n) is 3.31. The van der Waals surface area contributed by atoms with E-state index in [1.807, 2.05) is 41.8 Å². The van der Waals surface area contributed by atoms with Gasteiger partial charge in [-0.3, -0.25) is 4.79 Å². The van der Waals surface area contributed by atoms with E-state index in [0.717, 1.165) is 17.0 Å². The molecular formula is C17H17N3O2S2. The first-order chi connectivity index (χ1) is 11.7. The van der Waals surface area contributed by atoms with Crippen molar-refractivity contribution in [3.63, 3.8) is 0 Å². The van der Waals surface area contributed by atoms with Gasteiger partial charge in [0.1, 0.15) is 0 Å². The maximum absolute atomic E-state index is 12.0. The van der Waals surface area contributed by atoms with Crippen LogP contribution in [0.5, 0.6) is 0 Å². The molecule has 5 nitrogen and oxygen atoms in total. The van der Waals surface area contributed by atoms with E-state index in [2.05, 4.69) is 22.4 Å². The highest BCUT2D eigenvalue weighted by Crippen LogP contribution is 2.22. The molecule has 0 fully saturated rings. The van der Waals surface area contributed by atoms with Crippen molar-refractivity contribution in [3.8, 4) is 10.7 Å². The van der Waals surface area contributed by atoms with Crippen molar-refractivity contribution in [1.82, 2.24) is 10.1 Å². The number of aromatic nitrogens is 2. The van der Waals surface area contributed by atoms with Gasteiger partial charge in [0.15, 0.2) is 0 Å². The number of rotatable bonds is 7. The Morgan fingerprint density at radius 2 is 2.12 bits per heavy atom. The fourth-order valence-corrected chi connectivity index (χ4v) is 3.37. The fourth-order valence-electron chi connectivity index (χ4n) is 2.07. The highest BCUT2D eigenvalue weighted by Gasteiger charge is 2.10. The number of thiophene rings is 1.